The zero-order chi connectivity index (χ0) is 15.5. The Balaban J connectivity index is 1.68. The van der Waals surface area contributed by atoms with E-state index in [2.05, 4.69) is 10.3 Å². The highest BCUT2D eigenvalue weighted by Crippen LogP contribution is 2.14. The highest BCUT2D eigenvalue weighted by molar-refractivity contribution is 5.79. The lowest BCUT2D eigenvalue weighted by atomic mass is 10.1. The van der Waals surface area contributed by atoms with Crippen molar-refractivity contribution in [2.75, 3.05) is 0 Å². The van der Waals surface area contributed by atoms with Crippen LogP contribution in [0.15, 0.2) is 48.5 Å². The molecule has 112 valence electrons. The first-order chi connectivity index (χ1) is 10.6. The largest absolute Gasteiger partial charge is 0.349 e. The number of aromatic nitrogens is 2. The first-order valence-corrected chi connectivity index (χ1v) is 7.36. The van der Waals surface area contributed by atoms with Gasteiger partial charge >= 0.3 is 0 Å². The number of fused-ring (bicyclic) bond motifs is 1. The minimum atomic E-state index is 0.0151. The fourth-order valence-electron chi connectivity index (χ4n) is 2.58. The molecule has 1 heterocycles. The Morgan fingerprint density at radius 3 is 2.64 bits per heavy atom. The summed E-state index contributed by atoms with van der Waals surface area (Å²) in [5.41, 5.74) is 4.23. The molecule has 0 spiro atoms. The fourth-order valence-corrected chi connectivity index (χ4v) is 2.58. The predicted molar refractivity (Wildman–Crippen MR) is 87.4 cm³/mol. The summed E-state index contributed by atoms with van der Waals surface area (Å²) >= 11 is 0. The molecule has 1 amide bonds. The van der Waals surface area contributed by atoms with Crippen LogP contribution in [0.3, 0.4) is 0 Å². The molecule has 2 aromatic carbocycles. The number of amides is 1. The van der Waals surface area contributed by atoms with Gasteiger partial charge in [0.1, 0.15) is 5.82 Å². The number of hydrogen-bond acceptors (Lipinski definition) is 2. The van der Waals surface area contributed by atoms with E-state index in [1.807, 2.05) is 67.1 Å². The van der Waals surface area contributed by atoms with Gasteiger partial charge < -0.3 is 9.88 Å². The van der Waals surface area contributed by atoms with Crippen molar-refractivity contribution in [2.24, 2.45) is 7.05 Å². The number of carbonyl (C=O) groups is 1. The van der Waals surface area contributed by atoms with Gasteiger partial charge in [-0.25, -0.2) is 4.98 Å². The molecule has 4 nitrogen and oxygen atoms in total. The van der Waals surface area contributed by atoms with Gasteiger partial charge in [-0.05, 0) is 30.2 Å². The van der Waals surface area contributed by atoms with Crippen LogP contribution in [0.2, 0.25) is 0 Å². The summed E-state index contributed by atoms with van der Waals surface area (Å²) in [4.78, 5) is 16.7. The third-order valence-electron chi connectivity index (χ3n) is 3.94. The maximum Gasteiger partial charge on any atom is 0.224 e. The van der Waals surface area contributed by atoms with E-state index in [1.54, 1.807) is 0 Å². The number of benzene rings is 2. The molecule has 0 unspecified atom stereocenters. The summed E-state index contributed by atoms with van der Waals surface area (Å²) in [5, 5.41) is 2.95. The summed E-state index contributed by atoms with van der Waals surface area (Å²) in [6.07, 6.45) is 0.399. The van der Waals surface area contributed by atoms with E-state index in [0.29, 0.717) is 13.0 Å². The quantitative estimate of drug-likeness (QED) is 0.804. The maximum atomic E-state index is 12.1. The number of nitrogens with zero attached hydrogens (tertiary/aromatic N) is 2. The van der Waals surface area contributed by atoms with Gasteiger partial charge in [0, 0.05) is 7.05 Å². The Kier molecular flexibility index (Phi) is 3.92. The summed E-state index contributed by atoms with van der Waals surface area (Å²) < 4.78 is 2.02. The van der Waals surface area contributed by atoms with Gasteiger partial charge in [0.2, 0.25) is 5.91 Å². The van der Waals surface area contributed by atoms with Crippen LogP contribution in [0.5, 0.6) is 0 Å². The Labute approximate surface area is 129 Å². The molecule has 0 fully saturated rings. The van der Waals surface area contributed by atoms with Gasteiger partial charge in [0.15, 0.2) is 0 Å². The smallest absolute Gasteiger partial charge is 0.224 e. The first-order valence-electron chi connectivity index (χ1n) is 7.36. The Hall–Kier alpha value is -2.62. The topological polar surface area (TPSA) is 46.9 Å². The molecule has 4 heteroatoms. The molecular weight excluding hydrogens is 274 g/mol. The van der Waals surface area contributed by atoms with Gasteiger partial charge in [-0.1, -0.05) is 36.4 Å². The van der Waals surface area contributed by atoms with Crippen LogP contribution >= 0.6 is 0 Å². The van der Waals surface area contributed by atoms with Crippen LogP contribution < -0.4 is 5.32 Å². The van der Waals surface area contributed by atoms with Crippen LogP contribution in [0, 0.1) is 6.92 Å². The second kappa shape index (κ2) is 6.02. The second-order valence-corrected chi connectivity index (χ2v) is 5.46. The first kappa shape index (κ1) is 14.3. The van der Waals surface area contributed by atoms with Crippen LogP contribution in [0.25, 0.3) is 11.0 Å². The normalized spacial score (nSPS) is 10.8. The lowest BCUT2D eigenvalue weighted by Crippen LogP contribution is -2.26. The SMILES string of the molecule is Cc1ccccc1CC(=O)NCc1nc2ccccc2n1C. The van der Waals surface area contributed by atoms with Crippen molar-refractivity contribution in [2.45, 2.75) is 19.9 Å². The van der Waals surface area contributed by atoms with Gasteiger partial charge in [-0.3, -0.25) is 4.79 Å². The van der Waals surface area contributed by atoms with Crippen molar-refractivity contribution in [3.63, 3.8) is 0 Å². The molecule has 0 bridgehead atoms. The maximum absolute atomic E-state index is 12.1. The molecule has 0 aliphatic carbocycles. The third-order valence-corrected chi connectivity index (χ3v) is 3.94. The van der Waals surface area contributed by atoms with Gasteiger partial charge in [0.05, 0.1) is 24.0 Å². The molecule has 0 saturated carbocycles. The highest BCUT2D eigenvalue weighted by atomic mass is 16.1. The van der Waals surface area contributed by atoms with Gasteiger partial charge in [-0.2, -0.15) is 0 Å². The molecule has 1 aromatic heterocycles. The van der Waals surface area contributed by atoms with Crippen LogP contribution in [0.4, 0.5) is 0 Å². The predicted octanol–water partition coefficient (Wildman–Crippen LogP) is 2.74. The van der Waals surface area contributed by atoms with Crippen molar-refractivity contribution in [1.29, 1.82) is 0 Å². The molecule has 0 atom stereocenters. The van der Waals surface area contributed by atoms with E-state index in [-0.39, 0.29) is 5.91 Å². The van der Waals surface area contributed by atoms with Crippen molar-refractivity contribution >= 4 is 16.9 Å². The summed E-state index contributed by atoms with van der Waals surface area (Å²) in [5.74, 6) is 0.876. The van der Waals surface area contributed by atoms with E-state index in [0.717, 1.165) is 28.0 Å². The lowest BCUT2D eigenvalue weighted by Gasteiger charge is -2.07. The number of hydrogen-bond donors (Lipinski definition) is 1. The van der Waals surface area contributed by atoms with Crippen LogP contribution in [0.1, 0.15) is 17.0 Å². The molecule has 0 aliphatic rings. The summed E-state index contributed by atoms with van der Waals surface area (Å²) in [6.45, 7) is 2.46. The average Bonchev–Trinajstić information content (AvgIpc) is 2.84. The van der Waals surface area contributed by atoms with E-state index in [9.17, 15) is 4.79 Å². The van der Waals surface area contributed by atoms with Gasteiger partial charge in [0.25, 0.3) is 0 Å². The Morgan fingerprint density at radius 2 is 1.86 bits per heavy atom. The second-order valence-electron chi connectivity index (χ2n) is 5.46. The Morgan fingerprint density at radius 1 is 1.14 bits per heavy atom. The third kappa shape index (κ3) is 2.86. The van der Waals surface area contributed by atoms with Crippen molar-refractivity contribution in [3.8, 4) is 0 Å². The minimum absolute atomic E-state index is 0.0151. The number of rotatable bonds is 4. The van der Waals surface area contributed by atoms with E-state index >= 15 is 0 Å². The Bertz CT molecular complexity index is 820. The molecule has 0 aliphatic heterocycles. The molecule has 3 rings (SSSR count). The van der Waals surface area contributed by atoms with E-state index in [4.69, 9.17) is 0 Å². The molecular formula is C18H19N3O. The van der Waals surface area contributed by atoms with E-state index in [1.165, 1.54) is 0 Å². The summed E-state index contributed by atoms with van der Waals surface area (Å²) in [6, 6.07) is 15.9. The van der Waals surface area contributed by atoms with Crippen molar-refractivity contribution in [3.05, 3.63) is 65.5 Å². The number of para-hydroxylation sites is 2. The molecule has 22 heavy (non-hydrogen) atoms. The molecule has 0 saturated heterocycles. The van der Waals surface area contributed by atoms with Gasteiger partial charge in [-0.15, -0.1) is 0 Å². The zero-order valence-corrected chi connectivity index (χ0v) is 12.8. The van der Waals surface area contributed by atoms with Crippen LogP contribution in [-0.4, -0.2) is 15.5 Å². The minimum Gasteiger partial charge on any atom is -0.349 e. The molecule has 0 radical (unpaired) electrons. The van der Waals surface area contributed by atoms with Crippen LogP contribution in [-0.2, 0) is 24.8 Å². The number of aryl methyl sites for hydroxylation is 2. The van der Waals surface area contributed by atoms with Crippen molar-refractivity contribution < 1.29 is 4.79 Å². The van der Waals surface area contributed by atoms with E-state index < -0.39 is 0 Å². The highest BCUT2D eigenvalue weighted by Gasteiger charge is 2.09. The zero-order valence-electron chi connectivity index (χ0n) is 12.8. The fraction of sp³-hybridized carbons (Fsp3) is 0.222. The standard InChI is InChI=1S/C18H19N3O/c1-13-7-3-4-8-14(13)11-18(22)19-12-17-20-15-9-5-6-10-16(15)21(17)2/h3-10H,11-12H2,1-2H3,(H,19,22). The molecule has 3 aromatic rings. The molecule has 1 N–H and O–H groups in total. The monoisotopic (exact) mass is 293 g/mol. The summed E-state index contributed by atoms with van der Waals surface area (Å²) in [7, 11) is 1.97. The van der Waals surface area contributed by atoms with Crippen molar-refractivity contribution in [1.82, 2.24) is 14.9 Å². The number of nitrogens with one attached hydrogen (secondary N) is 1. The average molecular weight is 293 g/mol. The number of imidazole rings is 1. The number of carbonyl (C=O) groups excluding carboxylic acids is 1. The lowest BCUT2D eigenvalue weighted by molar-refractivity contribution is -0.120.